The van der Waals surface area contributed by atoms with Crippen molar-refractivity contribution in [2.75, 3.05) is 6.61 Å². The van der Waals surface area contributed by atoms with Crippen LogP contribution in [0.1, 0.15) is 55.3 Å². The van der Waals surface area contributed by atoms with E-state index in [-0.39, 0.29) is 41.3 Å². The third-order valence-electron chi connectivity index (χ3n) is 5.28. The lowest BCUT2D eigenvalue weighted by atomic mass is 9.97. The van der Waals surface area contributed by atoms with Gasteiger partial charge < -0.3 is 15.0 Å². The van der Waals surface area contributed by atoms with Crippen LogP contribution in [0.3, 0.4) is 0 Å². The van der Waals surface area contributed by atoms with Crippen molar-refractivity contribution < 1.29 is 18.3 Å². The zero-order chi connectivity index (χ0) is 20.5. The summed E-state index contributed by atoms with van der Waals surface area (Å²) in [6.07, 6.45) is 4.56. The van der Waals surface area contributed by atoms with Gasteiger partial charge in [0.1, 0.15) is 0 Å². The fraction of sp³-hybridized carbons (Fsp3) is 0.364. The molecule has 29 heavy (non-hydrogen) atoms. The van der Waals surface area contributed by atoms with Gasteiger partial charge in [-0.2, -0.15) is 4.39 Å². The molecular formula is C22H22F2N2O3. The fourth-order valence-electron chi connectivity index (χ4n) is 3.65. The van der Waals surface area contributed by atoms with Crippen molar-refractivity contribution in [1.29, 1.82) is 0 Å². The van der Waals surface area contributed by atoms with Gasteiger partial charge in [-0.25, -0.2) is 4.39 Å². The summed E-state index contributed by atoms with van der Waals surface area (Å²) in [6, 6.07) is 5.94. The molecule has 152 valence electrons. The lowest BCUT2D eigenvalue weighted by molar-refractivity contribution is -0.119. The average molecular weight is 400 g/mol. The Labute approximate surface area is 166 Å². The highest BCUT2D eigenvalue weighted by molar-refractivity contribution is 5.82. The van der Waals surface area contributed by atoms with Gasteiger partial charge in [0.25, 0.3) is 5.56 Å². The first-order chi connectivity index (χ1) is 14.0. The molecule has 0 spiro atoms. The van der Waals surface area contributed by atoms with Crippen LogP contribution in [-0.4, -0.2) is 23.5 Å². The molecule has 2 heterocycles. The van der Waals surface area contributed by atoms with E-state index >= 15 is 0 Å². The Kier molecular flexibility index (Phi) is 5.22. The minimum Gasteiger partial charge on any atom is -0.491 e. The smallest absolute Gasteiger partial charge is 0.251 e. The number of benzene rings is 1. The van der Waals surface area contributed by atoms with Crippen molar-refractivity contribution in [2.45, 2.75) is 44.6 Å². The predicted octanol–water partition coefficient (Wildman–Crippen LogP) is 3.64. The molecule has 1 amide bonds. The number of rotatable bonds is 6. The summed E-state index contributed by atoms with van der Waals surface area (Å²) < 4.78 is 34.5. The van der Waals surface area contributed by atoms with Gasteiger partial charge in [-0.3, -0.25) is 9.59 Å². The molecule has 7 heteroatoms. The molecule has 1 aliphatic heterocycles. The zero-order valence-corrected chi connectivity index (χ0v) is 16.1. The Balaban J connectivity index is 1.80. The Hall–Kier alpha value is -2.96. The van der Waals surface area contributed by atoms with Crippen molar-refractivity contribution >= 4 is 11.5 Å². The van der Waals surface area contributed by atoms with Gasteiger partial charge in [-0.05, 0) is 50.3 Å². The molecule has 5 nitrogen and oxygen atoms in total. The number of carbonyl (C=O) groups excluding carboxylic acids is 1. The standard InChI is InChI=1S/C22H22F2N2O3/c1-2-29-18-9-7-15(20(23)21(18)24)16(11-13-5-10-19(27)25-13)17-8-6-14(12-3-4-12)22(28)26-17/h6-9,11-13H,2-5,10H2,1H3,(H,25,27)(H,26,28)/b16-11-/t13-/m1/s1. The number of nitrogens with one attached hydrogen (secondary N) is 2. The molecule has 0 unspecified atom stereocenters. The molecule has 2 aromatic rings. The van der Waals surface area contributed by atoms with Crippen LogP contribution in [0.15, 0.2) is 35.1 Å². The predicted molar refractivity (Wildman–Crippen MR) is 105 cm³/mol. The minimum absolute atomic E-state index is 0.00178. The highest BCUT2D eigenvalue weighted by atomic mass is 19.2. The normalized spacial score (nSPS) is 19.3. The van der Waals surface area contributed by atoms with Crippen molar-refractivity contribution in [3.05, 3.63) is 69.2 Å². The Morgan fingerprint density at radius 3 is 2.55 bits per heavy atom. The number of pyridine rings is 1. The molecule has 1 saturated heterocycles. The summed E-state index contributed by atoms with van der Waals surface area (Å²) in [7, 11) is 0. The molecule has 2 aliphatic rings. The maximum absolute atomic E-state index is 14.9. The highest BCUT2D eigenvalue weighted by Gasteiger charge is 2.27. The van der Waals surface area contributed by atoms with Crippen molar-refractivity contribution in [3.63, 3.8) is 0 Å². The van der Waals surface area contributed by atoms with Crippen LogP contribution in [0.5, 0.6) is 5.75 Å². The number of hydrogen-bond donors (Lipinski definition) is 2. The Morgan fingerprint density at radius 2 is 1.93 bits per heavy atom. The van der Waals surface area contributed by atoms with E-state index in [4.69, 9.17) is 4.74 Å². The molecule has 4 rings (SSSR count). The summed E-state index contributed by atoms with van der Waals surface area (Å²) in [5.41, 5.74) is 1.19. The minimum atomic E-state index is -1.08. The lowest BCUT2D eigenvalue weighted by Gasteiger charge is -2.15. The third kappa shape index (κ3) is 3.95. The first-order valence-electron chi connectivity index (χ1n) is 9.84. The van der Waals surface area contributed by atoms with Gasteiger partial charge in [0.15, 0.2) is 11.6 Å². The summed E-state index contributed by atoms with van der Waals surface area (Å²) in [5.74, 6) is -2.13. The van der Waals surface area contributed by atoms with Gasteiger partial charge in [0.2, 0.25) is 11.7 Å². The van der Waals surface area contributed by atoms with Crippen LogP contribution >= 0.6 is 0 Å². The first kappa shape index (κ1) is 19.4. The van der Waals surface area contributed by atoms with Crippen LogP contribution in [0.25, 0.3) is 5.57 Å². The number of aromatic amines is 1. The van der Waals surface area contributed by atoms with Gasteiger partial charge in [0, 0.05) is 34.9 Å². The van der Waals surface area contributed by atoms with Gasteiger partial charge in [-0.1, -0.05) is 12.1 Å². The number of aromatic nitrogens is 1. The summed E-state index contributed by atoms with van der Waals surface area (Å²) in [5, 5.41) is 2.80. The quantitative estimate of drug-likeness (QED) is 0.778. The second-order valence-corrected chi connectivity index (χ2v) is 7.40. The number of amides is 1. The van der Waals surface area contributed by atoms with Crippen LogP contribution in [-0.2, 0) is 4.79 Å². The zero-order valence-electron chi connectivity index (χ0n) is 16.1. The van der Waals surface area contributed by atoms with E-state index < -0.39 is 11.6 Å². The number of ether oxygens (including phenoxy) is 1. The first-order valence-corrected chi connectivity index (χ1v) is 9.84. The van der Waals surface area contributed by atoms with E-state index in [0.29, 0.717) is 29.7 Å². The number of hydrogen-bond acceptors (Lipinski definition) is 3. The lowest BCUT2D eigenvalue weighted by Crippen LogP contribution is -2.24. The Bertz CT molecular complexity index is 1040. The van der Waals surface area contributed by atoms with E-state index in [0.717, 1.165) is 12.8 Å². The molecule has 1 aliphatic carbocycles. The van der Waals surface area contributed by atoms with Crippen molar-refractivity contribution in [3.8, 4) is 5.75 Å². The number of carbonyl (C=O) groups is 1. The Morgan fingerprint density at radius 1 is 1.14 bits per heavy atom. The topological polar surface area (TPSA) is 71.2 Å². The summed E-state index contributed by atoms with van der Waals surface area (Å²) in [4.78, 5) is 26.9. The molecule has 0 bridgehead atoms. The average Bonchev–Trinajstić information content (AvgIpc) is 3.46. The fourth-order valence-corrected chi connectivity index (χ4v) is 3.65. The van der Waals surface area contributed by atoms with Crippen molar-refractivity contribution in [1.82, 2.24) is 10.3 Å². The van der Waals surface area contributed by atoms with Crippen LogP contribution in [0.2, 0.25) is 0 Å². The van der Waals surface area contributed by atoms with E-state index in [1.54, 1.807) is 25.1 Å². The monoisotopic (exact) mass is 400 g/mol. The van der Waals surface area contributed by atoms with Gasteiger partial charge in [0.05, 0.1) is 6.61 Å². The SMILES string of the molecule is CCOc1ccc(/C(=C/[C@H]2CCC(=O)N2)c2ccc(C3CC3)c(=O)[nH]2)c(F)c1F. The van der Waals surface area contributed by atoms with Gasteiger partial charge in [-0.15, -0.1) is 0 Å². The molecule has 2 N–H and O–H groups in total. The molecule has 1 atom stereocenters. The largest absolute Gasteiger partial charge is 0.491 e. The molecular weight excluding hydrogens is 378 g/mol. The van der Waals surface area contributed by atoms with Crippen LogP contribution in [0.4, 0.5) is 8.78 Å². The molecule has 1 saturated carbocycles. The van der Waals surface area contributed by atoms with Crippen LogP contribution in [0, 0.1) is 11.6 Å². The van der Waals surface area contributed by atoms with Crippen molar-refractivity contribution in [2.24, 2.45) is 0 Å². The number of halogens is 2. The van der Waals surface area contributed by atoms with E-state index in [2.05, 4.69) is 10.3 Å². The van der Waals surface area contributed by atoms with E-state index in [1.165, 1.54) is 12.1 Å². The second-order valence-electron chi connectivity index (χ2n) is 7.40. The second kappa shape index (κ2) is 7.81. The highest BCUT2D eigenvalue weighted by Crippen LogP contribution is 2.38. The molecule has 2 fully saturated rings. The summed E-state index contributed by atoms with van der Waals surface area (Å²) in [6.45, 7) is 1.90. The number of H-pyrrole nitrogens is 1. The summed E-state index contributed by atoms with van der Waals surface area (Å²) >= 11 is 0. The maximum atomic E-state index is 14.9. The maximum Gasteiger partial charge on any atom is 0.251 e. The van der Waals surface area contributed by atoms with E-state index in [9.17, 15) is 18.4 Å². The third-order valence-corrected chi connectivity index (χ3v) is 5.28. The molecule has 0 radical (unpaired) electrons. The molecule has 1 aromatic heterocycles. The molecule has 1 aromatic carbocycles. The van der Waals surface area contributed by atoms with Crippen LogP contribution < -0.4 is 15.6 Å². The van der Waals surface area contributed by atoms with E-state index in [1.807, 2.05) is 0 Å². The van der Waals surface area contributed by atoms with Gasteiger partial charge >= 0.3 is 0 Å².